The van der Waals surface area contributed by atoms with Crippen LogP contribution in [0.25, 0.3) is 0 Å². The van der Waals surface area contributed by atoms with Crippen molar-refractivity contribution in [3.63, 3.8) is 0 Å². The number of halogens is 3. The summed E-state index contributed by atoms with van der Waals surface area (Å²) in [7, 11) is 0. The molecule has 0 saturated carbocycles. The summed E-state index contributed by atoms with van der Waals surface area (Å²) >= 11 is 0. The topological polar surface area (TPSA) is 35.2 Å². The molecule has 0 fully saturated rings. The van der Waals surface area contributed by atoms with Gasteiger partial charge in [0.2, 0.25) is 0 Å². The van der Waals surface area contributed by atoms with E-state index in [2.05, 4.69) is 0 Å². The molecular formula is C10H14ClF2NO. The van der Waals surface area contributed by atoms with Gasteiger partial charge in [-0.25, -0.2) is 8.78 Å². The number of alkyl halides is 2. The summed E-state index contributed by atoms with van der Waals surface area (Å²) in [6.07, 6.45) is -2.57. The molecule has 0 spiro atoms. The Hall–Kier alpha value is -0.870. The lowest BCUT2D eigenvalue weighted by Crippen LogP contribution is -2.19. The second kappa shape index (κ2) is 6.58. The average Bonchev–Trinajstić information content (AvgIpc) is 2.18. The lowest BCUT2D eigenvalue weighted by molar-refractivity contribution is 0.114. The Labute approximate surface area is 93.8 Å². The highest BCUT2D eigenvalue weighted by atomic mass is 35.5. The standard InChI is InChI=1S/C10H13F2NO.ClH/c1-2-14-8-6-4-3-5-7(8)9(13)10(11)12;/h3-6,9-10H,2,13H2,1H3;1H/t9-;/m0./s1. The molecule has 1 aromatic rings. The zero-order valence-electron chi connectivity index (χ0n) is 8.32. The van der Waals surface area contributed by atoms with Crippen molar-refractivity contribution in [2.24, 2.45) is 5.73 Å². The number of nitrogens with two attached hydrogens (primary N) is 1. The number of hydrogen-bond donors (Lipinski definition) is 1. The number of benzene rings is 1. The van der Waals surface area contributed by atoms with Gasteiger partial charge in [0.05, 0.1) is 12.6 Å². The van der Waals surface area contributed by atoms with E-state index >= 15 is 0 Å². The first-order chi connectivity index (χ1) is 6.66. The van der Waals surface area contributed by atoms with Gasteiger partial charge in [-0.3, -0.25) is 0 Å². The van der Waals surface area contributed by atoms with E-state index < -0.39 is 12.5 Å². The number of hydrogen-bond acceptors (Lipinski definition) is 2. The Morgan fingerprint density at radius 1 is 1.33 bits per heavy atom. The van der Waals surface area contributed by atoms with Crippen molar-refractivity contribution >= 4 is 12.4 Å². The molecule has 15 heavy (non-hydrogen) atoms. The fourth-order valence-corrected chi connectivity index (χ4v) is 1.18. The van der Waals surface area contributed by atoms with E-state index in [1.165, 1.54) is 0 Å². The SMILES string of the molecule is CCOc1ccccc1[C@H](N)C(F)F.Cl. The fraction of sp³-hybridized carbons (Fsp3) is 0.400. The van der Waals surface area contributed by atoms with Gasteiger partial charge in [0.15, 0.2) is 0 Å². The minimum atomic E-state index is -2.57. The molecule has 0 aliphatic rings. The van der Waals surface area contributed by atoms with Crippen molar-refractivity contribution in [1.29, 1.82) is 0 Å². The first-order valence-corrected chi connectivity index (χ1v) is 4.42. The predicted molar refractivity (Wildman–Crippen MR) is 57.8 cm³/mol. The van der Waals surface area contributed by atoms with Crippen LogP contribution in [0.4, 0.5) is 8.78 Å². The van der Waals surface area contributed by atoms with Gasteiger partial charge in [-0.05, 0) is 13.0 Å². The van der Waals surface area contributed by atoms with Gasteiger partial charge in [0.1, 0.15) is 5.75 Å². The van der Waals surface area contributed by atoms with Crippen LogP contribution in [0.3, 0.4) is 0 Å². The first kappa shape index (κ1) is 14.1. The zero-order valence-corrected chi connectivity index (χ0v) is 9.14. The van der Waals surface area contributed by atoms with Crippen LogP contribution in [0.5, 0.6) is 5.75 Å². The van der Waals surface area contributed by atoms with E-state index in [1.54, 1.807) is 31.2 Å². The highest BCUT2D eigenvalue weighted by Gasteiger charge is 2.20. The Balaban J connectivity index is 0.00000196. The number of rotatable bonds is 4. The molecule has 0 aliphatic carbocycles. The molecule has 86 valence electrons. The molecule has 0 saturated heterocycles. The maximum atomic E-state index is 12.4. The second-order valence-corrected chi connectivity index (χ2v) is 2.83. The predicted octanol–water partition coefficient (Wildman–Crippen LogP) is 2.77. The van der Waals surface area contributed by atoms with Gasteiger partial charge in [0.25, 0.3) is 6.43 Å². The van der Waals surface area contributed by atoms with E-state index in [1.807, 2.05) is 0 Å². The first-order valence-electron chi connectivity index (χ1n) is 4.42. The van der Waals surface area contributed by atoms with Crippen molar-refractivity contribution in [2.75, 3.05) is 6.61 Å². The third kappa shape index (κ3) is 3.64. The van der Waals surface area contributed by atoms with Crippen LogP contribution >= 0.6 is 12.4 Å². The van der Waals surface area contributed by atoms with Gasteiger partial charge in [-0.2, -0.15) is 0 Å². The maximum Gasteiger partial charge on any atom is 0.257 e. The van der Waals surface area contributed by atoms with Crippen LogP contribution < -0.4 is 10.5 Å². The normalized spacial score (nSPS) is 12.1. The Bertz CT molecular complexity index is 297. The lowest BCUT2D eigenvalue weighted by Gasteiger charge is -2.15. The number of ether oxygens (including phenoxy) is 1. The van der Waals surface area contributed by atoms with Gasteiger partial charge in [0, 0.05) is 5.56 Å². The quantitative estimate of drug-likeness (QED) is 0.874. The molecule has 1 rings (SSSR count). The summed E-state index contributed by atoms with van der Waals surface area (Å²) in [5, 5.41) is 0. The summed E-state index contributed by atoms with van der Waals surface area (Å²) in [6, 6.07) is 5.31. The monoisotopic (exact) mass is 237 g/mol. The molecule has 0 aromatic heterocycles. The molecule has 0 heterocycles. The average molecular weight is 238 g/mol. The van der Waals surface area contributed by atoms with Gasteiger partial charge in [-0.15, -0.1) is 12.4 Å². The fourth-order valence-electron chi connectivity index (χ4n) is 1.18. The van der Waals surface area contributed by atoms with Crippen LogP contribution in [0, 0.1) is 0 Å². The minimum absolute atomic E-state index is 0. The molecule has 1 aromatic carbocycles. The lowest BCUT2D eigenvalue weighted by atomic mass is 10.1. The highest BCUT2D eigenvalue weighted by Crippen LogP contribution is 2.27. The van der Waals surface area contributed by atoms with Crippen molar-refractivity contribution < 1.29 is 13.5 Å². The molecule has 5 heteroatoms. The van der Waals surface area contributed by atoms with Crippen molar-refractivity contribution in [2.45, 2.75) is 19.4 Å². The van der Waals surface area contributed by atoms with E-state index in [4.69, 9.17) is 10.5 Å². The zero-order chi connectivity index (χ0) is 10.6. The smallest absolute Gasteiger partial charge is 0.257 e. The van der Waals surface area contributed by atoms with Crippen molar-refractivity contribution in [1.82, 2.24) is 0 Å². The summed E-state index contributed by atoms with van der Waals surface area (Å²) in [5.74, 6) is 0.433. The van der Waals surface area contributed by atoms with Crippen molar-refractivity contribution in [3.8, 4) is 5.75 Å². The molecule has 1 atom stereocenters. The van der Waals surface area contributed by atoms with E-state index in [0.717, 1.165) is 0 Å². The summed E-state index contributed by atoms with van der Waals surface area (Å²) in [5.41, 5.74) is 5.69. The third-order valence-electron chi connectivity index (χ3n) is 1.85. The van der Waals surface area contributed by atoms with Crippen LogP contribution in [0.1, 0.15) is 18.5 Å². The minimum Gasteiger partial charge on any atom is -0.494 e. The van der Waals surface area contributed by atoms with Crippen LogP contribution in [-0.2, 0) is 0 Å². The molecule has 0 bridgehead atoms. The van der Waals surface area contributed by atoms with Crippen LogP contribution in [0.2, 0.25) is 0 Å². The second-order valence-electron chi connectivity index (χ2n) is 2.83. The Kier molecular flexibility index (Phi) is 6.20. The molecule has 2 nitrogen and oxygen atoms in total. The van der Waals surface area contributed by atoms with E-state index in [-0.39, 0.29) is 12.4 Å². The number of para-hydroxylation sites is 1. The summed E-state index contributed by atoms with van der Waals surface area (Å²) < 4.78 is 29.9. The summed E-state index contributed by atoms with van der Waals surface area (Å²) in [6.45, 7) is 2.23. The summed E-state index contributed by atoms with van der Waals surface area (Å²) in [4.78, 5) is 0. The molecule has 2 N–H and O–H groups in total. The Morgan fingerprint density at radius 3 is 2.47 bits per heavy atom. The van der Waals surface area contributed by atoms with E-state index in [0.29, 0.717) is 17.9 Å². The molecule has 0 unspecified atom stereocenters. The van der Waals surface area contributed by atoms with Crippen molar-refractivity contribution in [3.05, 3.63) is 29.8 Å². The van der Waals surface area contributed by atoms with Crippen LogP contribution in [0.15, 0.2) is 24.3 Å². The third-order valence-corrected chi connectivity index (χ3v) is 1.85. The molecule has 0 amide bonds. The van der Waals surface area contributed by atoms with Gasteiger partial charge >= 0.3 is 0 Å². The molecular weight excluding hydrogens is 224 g/mol. The van der Waals surface area contributed by atoms with E-state index in [9.17, 15) is 8.78 Å². The Morgan fingerprint density at radius 2 is 1.93 bits per heavy atom. The maximum absolute atomic E-state index is 12.4. The van der Waals surface area contributed by atoms with Gasteiger partial charge < -0.3 is 10.5 Å². The highest BCUT2D eigenvalue weighted by molar-refractivity contribution is 5.85. The van der Waals surface area contributed by atoms with Gasteiger partial charge in [-0.1, -0.05) is 18.2 Å². The van der Waals surface area contributed by atoms with Crippen LogP contribution in [-0.4, -0.2) is 13.0 Å². The molecule has 0 aliphatic heterocycles. The largest absolute Gasteiger partial charge is 0.494 e. The molecule has 0 radical (unpaired) electrons.